The number of benzene rings is 1. The lowest BCUT2D eigenvalue weighted by atomic mass is 10.2. The summed E-state index contributed by atoms with van der Waals surface area (Å²) >= 11 is 5.81. The van der Waals surface area contributed by atoms with Crippen molar-refractivity contribution in [3.05, 3.63) is 64.9 Å². The molecule has 1 fully saturated rings. The Labute approximate surface area is 174 Å². The number of rotatable bonds is 6. The minimum absolute atomic E-state index is 0.0195. The van der Waals surface area contributed by atoms with E-state index in [1.165, 1.54) is 0 Å². The van der Waals surface area contributed by atoms with Crippen LogP contribution in [0.15, 0.2) is 48.7 Å². The van der Waals surface area contributed by atoms with Crippen molar-refractivity contribution in [2.24, 2.45) is 0 Å². The van der Waals surface area contributed by atoms with Gasteiger partial charge in [-0.3, -0.25) is 19.4 Å². The minimum atomic E-state index is -0.237. The summed E-state index contributed by atoms with van der Waals surface area (Å²) in [6, 6.07) is 12.1. The molecule has 0 bridgehead atoms. The summed E-state index contributed by atoms with van der Waals surface area (Å²) in [6.45, 7) is 2.28. The molecule has 8 heteroatoms. The Morgan fingerprint density at radius 1 is 0.931 bits per heavy atom. The molecule has 0 unspecified atom stereocenters. The third kappa shape index (κ3) is 6.02. The van der Waals surface area contributed by atoms with E-state index in [2.05, 4.69) is 10.3 Å². The molecule has 3 rings (SSSR count). The van der Waals surface area contributed by atoms with E-state index in [9.17, 15) is 14.4 Å². The molecule has 0 aliphatic carbocycles. The molecule has 0 saturated carbocycles. The Hall–Kier alpha value is -2.93. The number of amides is 3. The van der Waals surface area contributed by atoms with Crippen LogP contribution in [0, 0.1) is 0 Å². The first-order valence-electron chi connectivity index (χ1n) is 9.52. The highest BCUT2D eigenvalue weighted by atomic mass is 35.5. The molecule has 0 atom stereocenters. The number of piperazine rings is 1. The molecule has 2 heterocycles. The molecule has 7 nitrogen and oxygen atoms in total. The maximum atomic E-state index is 12.4. The second-order valence-corrected chi connectivity index (χ2v) is 7.21. The Morgan fingerprint density at radius 2 is 1.59 bits per heavy atom. The molecule has 0 spiro atoms. The van der Waals surface area contributed by atoms with E-state index in [0.717, 1.165) is 5.69 Å². The molecule has 1 aliphatic heterocycles. The quantitative estimate of drug-likeness (QED) is 0.780. The summed E-state index contributed by atoms with van der Waals surface area (Å²) in [5, 5.41) is 3.31. The van der Waals surface area contributed by atoms with Crippen LogP contribution in [0.4, 0.5) is 0 Å². The van der Waals surface area contributed by atoms with Gasteiger partial charge < -0.3 is 15.1 Å². The third-order valence-electron chi connectivity index (χ3n) is 4.77. The predicted molar refractivity (Wildman–Crippen MR) is 110 cm³/mol. The van der Waals surface area contributed by atoms with Gasteiger partial charge in [-0.25, -0.2) is 0 Å². The van der Waals surface area contributed by atoms with Crippen LogP contribution in [-0.2, 0) is 16.0 Å². The van der Waals surface area contributed by atoms with E-state index >= 15 is 0 Å². The normalized spacial score (nSPS) is 13.8. The monoisotopic (exact) mass is 414 g/mol. The molecule has 3 amide bonds. The second-order valence-electron chi connectivity index (χ2n) is 6.77. The second kappa shape index (κ2) is 10.0. The standard InChI is InChI=1S/C21H23ClN4O3/c22-17-6-4-16(5-7-17)21(29)24-10-8-19(27)25-11-13-26(14-12-25)20(28)15-18-3-1-2-9-23-18/h1-7,9H,8,10-15H2,(H,24,29). The molecule has 1 aliphatic rings. The average molecular weight is 415 g/mol. The SMILES string of the molecule is O=C(NCCC(=O)N1CCN(C(=O)Cc2ccccn2)CC1)c1ccc(Cl)cc1. The van der Waals surface area contributed by atoms with E-state index < -0.39 is 0 Å². The molecular weight excluding hydrogens is 392 g/mol. The van der Waals surface area contributed by atoms with Crippen molar-refractivity contribution < 1.29 is 14.4 Å². The first-order valence-corrected chi connectivity index (χ1v) is 9.90. The molecule has 1 N–H and O–H groups in total. The van der Waals surface area contributed by atoms with Crippen LogP contribution < -0.4 is 5.32 Å². The van der Waals surface area contributed by atoms with Crippen molar-refractivity contribution in [2.45, 2.75) is 12.8 Å². The number of pyridine rings is 1. The zero-order chi connectivity index (χ0) is 20.6. The van der Waals surface area contributed by atoms with Gasteiger partial charge in [-0.05, 0) is 36.4 Å². The molecule has 1 aromatic heterocycles. The highest BCUT2D eigenvalue weighted by Gasteiger charge is 2.24. The molecule has 2 aromatic rings. The largest absolute Gasteiger partial charge is 0.352 e. The summed E-state index contributed by atoms with van der Waals surface area (Å²) in [5.74, 6) is -0.247. The van der Waals surface area contributed by atoms with Crippen LogP contribution >= 0.6 is 11.6 Å². The van der Waals surface area contributed by atoms with Crippen LogP contribution in [0.1, 0.15) is 22.5 Å². The van der Waals surface area contributed by atoms with Crippen molar-refractivity contribution in [3.8, 4) is 0 Å². The van der Waals surface area contributed by atoms with Gasteiger partial charge in [0.1, 0.15) is 0 Å². The van der Waals surface area contributed by atoms with Gasteiger partial charge in [-0.1, -0.05) is 17.7 Å². The van der Waals surface area contributed by atoms with E-state index in [0.29, 0.717) is 36.8 Å². The molecule has 0 radical (unpaired) electrons. The lowest BCUT2D eigenvalue weighted by molar-refractivity contribution is -0.139. The van der Waals surface area contributed by atoms with Crippen LogP contribution in [0.5, 0.6) is 0 Å². The number of aromatic nitrogens is 1. The summed E-state index contributed by atoms with van der Waals surface area (Å²) in [7, 11) is 0. The Kier molecular flexibility index (Phi) is 7.19. The van der Waals surface area contributed by atoms with E-state index in [4.69, 9.17) is 11.6 Å². The highest BCUT2D eigenvalue weighted by Crippen LogP contribution is 2.10. The number of hydrogen-bond donors (Lipinski definition) is 1. The molecule has 1 aromatic carbocycles. The summed E-state index contributed by atoms with van der Waals surface area (Å²) < 4.78 is 0. The number of carbonyl (C=O) groups excluding carboxylic acids is 3. The van der Waals surface area contributed by atoms with E-state index in [1.54, 1.807) is 40.3 Å². The molecule has 29 heavy (non-hydrogen) atoms. The Bertz CT molecular complexity index is 850. The fraction of sp³-hybridized carbons (Fsp3) is 0.333. The molecule has 152 valence electrons. The maximum Gasteiger partial charge on any atom is 0.251 e. The average Bonchev–Trinajstić information content (AvgIpc) is 2.75. The Morgan fingerprint density at radius 3 is 2.21 bits per heavy atom. The van der Waals surface area contributed by atoms with E-state index in [-0.39, 0.29) is 37.1 Å². The van der Waals surface area contributed by atoms with Crippen LogP contribution in [0.25, 0.3) is 0 Å². The van der Waals surface area contributed by atoms with Gasteiger partial charge in [0.25, 0.3) is 5.91 Å². The van der Waals surface area contributed by atoms with Crippen molar-refractivity contribution in [2.75, 3.05) is 32.7 Å². The number of nitrogens with zero attached hydrogens (tertiary/aromatic N) is 3. The van der Waals surface area contributed by atoms with Gasteiger partial charge in [0.2, 0.25) is 11.8 Å². The number of nitrogens with one attached hydrogen (secondary N) is 1. The van der Waals surface area contributed by atoms with Gasteiger partial charge in [-0.2, -0.15) is 0 Å². The van der Waals surface area contributed by atoms with Crippen LogP contribution in [-0.4, -0.2) is 65.2 Å². The van der Waals surface area contributed by atoms with Crippen molar-refractivity contribution in [1.29, 1.82) is 0 Å². The summed E-state index contributed by atoms with van der Waals surface area (Å²) in [4.78, 5) is 44.5. The van der Waals surface area contributed by atoms with Crippen molar-refractivity contribution in [1.82, 2.24) is 20.1 Å². The van der Waals surface area contributed by atoms with Gasteiger partial charge in [0, 0.05) is 61.6 Å². The third-order valence-corrected chi connectivity index (χ3v) is 5.03. The van der Waals surface area contributed by atoms with E-state index in [1.807, 2.05) is 18.2 Å². The lowest BCUT2D eigenvalue weighted by Crippen LogP contribution is -2.51. The summed E-state index contributed by atoms with van der Waals surface area (Å²) in [6.07, 6.45) is 2.16. The van der Waals surface area contributed by atoms with Crippen molar-refractivity contribution >= 4 is 29.3 Å². The predicted octanol–water partition coefficient (Wildman–Crippen LogP) is 1.77. The first kappa shape index (κ1) is 20.8. The highest BCUT2D eigenvalue weighted by molar-refractivity contribution is 6.30. The molecular formula is C21H23ClN4O3. The van der Waals surface area contributed by atoms with Gasteiger partial charge in [0.15, 0.2) is 0 Å². The smallest absolute Gasteiger partial charge is 0.251 e. The fourth-order valence-corrected chi connectivity index (χ4v) is 3.25. The number of carbonyl (C=O) groups is 3. The van der Waals surface area contributed by atoms with Gasteiger partial charge in [0.05, 0.1) is 6.42 Å². The van der Waals surface area contributed by atoms with Gasteiger partial charge in [-0.15, -0.1) is 0 Å². The Balaban J connectivity index is 1.38. The zero-order valence-corrected chi connectivity index (χ0v) is 16.8. The maximum absolute atomic E-state index is 12.4. The number of hydrogen-bond acceptors (Lipinski definition) is 4. The first-order chi connectivity index (χ1) is 14.0. The van der Waals surface area contributed by atoms with Crippen molar-refractivity contribution in [3.63, 3.8) is 0 Å². The fourth-order valence-electron chi connectivity index (χ4n) is 3.12. The number of halogens is 1. The van der Waals surface area contributed by atoms with Crippen LogP contribution in [0.3, 0.4) is 0 Å². The minimum Gasteiger partial charge on any atom is -0.352 e. The topological polar surface area (TPSA) is 82.6 Å². The van der Waals surface area contributed by atoms with Crippen LogP contribution in [0.2, 0.25) is 5.02 Å². The summed E-state index contributed by atoms with van der Waals surface area (Å²) in [5.41, 5.74) is 1.24. The van der Waals surface area contributed by atoms with Gasteiger partial charge >= 0.3 is 0 Å². The zero-order valence-electron chi connectivity index (χ0n) is 16.0. The lowest BCUT2D eigenvalue weighted by Gasteiger charge is -2.35. The molecule has 1 saturated heterocycles.